The number of nitrogens with one attached hydrogen (secondary N) is 1. The fraction of sp³-hybridized carbons (Fsp3) is 0.125. The molecule has 0 aliphatic carbocycles. The topological polar surface area (TPSA) is 89.7 Å². The molecule has 0 bridgehead atoms. The van der Waals surface area contributed by atoms with Crippen LogP contribution in [0, 0.1) is 0 Å². The predicted molar refractivity (Wildman–Crippen MR) is 95.5 cm³/mol. The number of ether oxygens (including phenoxy) is 1. The van der Waals surface area contributed by atoms with Crippen LogP contribution >= 0.6 is 23.1 Å². The Hall–Kier alpha value is -2.65. The van der Waals surface area contributed by atoms with Gasteiger partial charge < -0.3 is 9.26 Å². The lowest BCUT2D eigenvalue weighted by Gasteiger charge is -1.99. The van der Waals surface area contributed by atoms with E-state index in [4.69, 9.17) is 9.26 Å². The molecule has 4 rings (SSSR count). The number of aromatic amines is 1. The van der Waals surface area contributed by atoms with Crippen LogP contribution in [0.15, 0.2) is 51.5 Å². The van der Waals surface area contributed by atoms with Crippen molar-refractivity contribution in [2.45, 2.75) is 10.9 Å². The summed E-state index contributed by atoms with van der Waals surface area (Å²) in [7, 11) is 1.62. The van der Waals surface area contributed by atoms with Crippen molar-refractivity contribution in [1.29, 1.82) is 0 Å². The van der Waals surface area contributed by atoms with E-state index in [0.29, 0.717) is 22.6 Å². The minimum atomic E-state index is 0.499. The Morgan fingerprint density at radius 2 is 2.20 bits per heavy atom. The number of nitrogens with zero attached hydrogens (tertiary/aromatic N) is 4. The highest BCUT2D eigenvalue weighted by Gasteiger charge is 2.12. The Morgan fingerprint density at radius 1 is 1.24 bits per heavy atom. The van der Waals surface area contributed by atoms with Gasteiger partial charge in [-0.3, -0.25) is 5.10 Å². The first-order valence-corrected chi connectivity index (χ1v) is 9.24. The third-order valence-corrected chi connectivity index (χ3v) is 5.05. The molecular weight excluding hydrogens is 358 g/mol. The van der Waals surface area contributed by atoms with Crippen molar-refractivity contribution >= 4 is 23.1 Å². The molecule has 0 spiro atoms. The van der Waals surface area contributed by atoms with Gasteiger partial charge in [0.2, 0.25) is 16.9 Å². The minimum Gasteiger partial charge on any atom is -0.497 e. The number of hydrogen-bond donors (Lipinski definition) is 1. The molecule has 0 saturated carbocycles. The summed E-state index contributed by atoms with van der Waals surface area (Å²) in [6, 6.07) is 11.5. The van der Waals surface area contributed by atoms with Crippen molar-refractivity contribution < 1.29 is 9.26 Å². The number of benzene rings is 1. The van der Waals surface area contributed by atoms with Gasteiger partial charge in [-0.2, -0.15) is 4.98 Å². The Bertz CT molecular complexity index is 965. The first-order valence-electron chi connectivity index (χ1n) is 7.38. The van der Waals surface area contributed by atoms with E-state index >= 15 is 0 Å². The molecule has 126 valence electrons. The van der Waals surface area contributed by atoms with Gasteiger partial charge in [-0.05, 0) is 23.6 Å². The van der Waals surface area contributed by atoms with Crippen LogP contribution in [-0.4, -0.2) is 32.4 Å². The quantitative estimate of drug-likeness (QED) is 0.514. The largest absolute Gasteiger partial charge is 0.497 e. The average molecular weight is 371 g/mol. The van der Waals surface area contributed by atoms with Gasteiger partial charge in [-0.1, -0.05) is 35.1 Å². The molecule has 0 fully saturated rings. The van der Waals surface area contributed by atoms with E-state index in [9.17, 15) is 0 Å². The van der Waals surface area contributed by atoms with Gasteiger partial charge in [-0.15, -0.1) is 16.4 Å². The van der Waals surface area contributed by atoms with E-state index in [1.54, 1.807) is 18.4 Å². The SMILES string of the molecule is COc1cccc(-c2noc(CSc3n[nH]c(-c4cccs4)n3)n2)c1. The molecule has 3 aromatic heterocycles. The van der Waals surface area contributed by atoms with Gasteiger partial charge in [0.05, 0.1) is 17.7 Å². The number of rotatable bonds is 6. The van der Waals surface area contributed by atoms with Crippen molar-refractivity contribution in [2.24, 2.45) is 0 Å². The molecule has 0 atom stereocenters. The maximum Gasteiger partial charge on any atom is 0.237 e. The van der Waals surface area contributed by atoms with Crippen LogP contribution in [0.3, 0.4) is 0 Å². The summed E-state index contributed by atoms with van der Waals surface area (Å²) in [5.41, 5.74) is 0.845. The van der Waals surface area contributed by atoms with Crippen LogP contribution in [0.5, 0.6) is 5.75 Å². The van der Waals surface area contributed by atoms with Crippen LogP contribution in [0.25, 0.3) is 22.1 Å². The second-order valence-corrected chi connectivity index (χ2v) is 6.87. The monoisotopic (exact) mass is 371 g/mol. The van der Waals surface area contributed by atoms with Crippen LogP contribution in [0.2, 0.25) is 0 Å². The molecule has 0 aliphatic heterocycles. The molecule has 9 heteroatoms. The highest BCUT2D eigenvalue weighted by atomic mass is 32.2. The van der Waals surface area contributed by atoms with Gasteiger partial charge in [0.15, 0.2) is 5.82 Å². The van der Waals surface area contributed by atoms with E-state index in [1.165, 1.54) is 11.8 Å². The zero-order valence-corrected chi connectivity index (χ0v) is 14.8. The van der Waals surface area contributed by atoms with E-state index in [2.05, 4.69) is 25.3 Å². The van der Waals surface area contributed by atoms with Gasteiger partial charge >= 0.3 is 0 Å². The number of aromatic nitrogens is 5. The fourth-order valence-corrected chi connectivity index (χ4v) is 3.45. The second-order valence-electron chi connectivity index (χ2n) is 4.98. The van der Waals surface area contributed by atoms with Gasteiger partial charge in [0.1, 0.15) is 5.75 Å². The Labute approximate surface area is 151 Å². The first-order chi connectivity index (χ1) is 12.3. The van der Waals surface area contributed by atoms with Crippen molar-refractivity contribution in [3.05, 3.63) is 47.7 Å². The smallest absolute Gasteiger partial charge is 0.237 e. The number of hydrogen-bond acceptors (Lipinski definition) is 8. The van der Waals surface area contributed by atoms with E-state index in [1.807, 2.05) is 41.8 Å². The summed E-state index contributed by atoms with van der Waals surface area (Å²) in [6.07, 6.45) is 0. The second kappa shape index (κ2) is 7.08. The van der Waals surface area contributed by atoms with Gasteiger partial charge in [-0.25, -0.2) is 4.98 Å². The summed E-state index contributed by atoms with van der Waals surface area (Å²) < 4.78 is 10.5. The Balaban J connectivity index is 1.43. The first kappa shape index (κ1) is 15.9. The molecule has 0 saturated heterocycles. The zero-order chi connectivity index (χ0) is 17.1. The highest BCUT2D eigenvalue weighted by Crippen LogP contribution is 2.26. The summed E-state index contributed by atoms with van der Waals surface area (Å²) in [5.74, 6) is 3.06. The van der Waals surface area contributed by atoms with Gasteiger partial charge in [0.25, 0.3) is 0 Å². The fourth-order valence-electron chi connectivity index (χ4n) is 2.15. The molecule has 1 N–H and O–H groups in total. The zero-order valence-electron chi connectivity index (χ0n) is 13.2. The lowest BCUT2D eigenvalue weighted by atomic mass is 10.2. The maximum absolute atomic E-state index is 5.31. The summed E-state index contributed by atoms with van der Waals surface area (Å²) in [6.45, 7) is 0. The Morgan fingerprint density at radius 3 is 3.04 bits per heavy atom. The van der Waals surface area contributed by atoms with E-state index in [-0.39, 0.29) is 0 Å². The van der Waals surface area contributed by atoms with Crippen molar-refractivity contribution in [3.63, 3.8) is 0 Å². The predicted octanol–water partition coefficient (Wildman–Crippen LogP) is 3.88. The molecule has 0 unspecified atom stereocenters. The molecule has 0 amide bonds. The van der Waals surface area contributed by atoms with Crippen LogP contribution in [0.1, 0.15) is 5.89 Å². The maximum atomic E-state index is 5.31. The normalized spacial score (nSPS) is 10.9. The lowest BCUT2D eigenvalue weighted by molar-refractivity contribution is 0.391. The molecule has 7 nitrogen and oxygen atoms in total. The van der Waals surface area contributed by atoms with Gasteiger partial charge in [0, 0.05) is 5.56 Å². The molecule has 4 aromatic rings. The minimum absolute atomic E-state index is 0.499. The molecule has 25 heavy (non-hydrogen) atoms. The van der Waals surface area contributed by atoms with Crippen molar-refractivity contribution in [2.75, 3.05) is 7.11 Å². The lowest BCUT2D eigenvalue weighted by Crippen LogP contribution is -1.86. The number of methoxy groups -OCH3 is 1. The Kier molecular flexibility index (Phi) is 4.49. The standard InChI is InChI=1S/C16H13N5O2S2/c1-22-11-5-2-4-10(8-11)14-17-13(23-21-14)9-25-16-18-15(19-20-16)12-6-3-7-24-12/h2-8H,9H2,1H3,(H,18,19,20). The third-order valence-electron chi connectivity index (χ3n) is 3.34. The highest BCUT2D eigenvalue weighted by molar-refractivity contribution is 7.98. The summed E-state index contributed by atoms with van der Waals surface area (Å²) in [5, 5.41) is 13.8. The van der Waals surface area contributed by atoms with Crippen molar-refractivity contribution in [3.8, 4) is 27.8 Å². The molecule has 0 aliphatic rings. The van der Waals surface area contributed by atoms with Crippen LogP contribution in [0.4, 0.5) is 0 Å². The summed E-state index contributed by atoms with van der Waals surface area (Å²) >= 11 is 3.05. The summed E-state index contributed by atoms with van der Waals surface area (Å²) in [4.78, 5) is 9.92. The number of H-pyrrole nitrogens is 1. The van der Waals surface area contributed by atoms with Crippen LogP contribution < -0.4 is 4.74 Å². The third kappa shape index (κ3) is 3.57. The molecular formula is C16H13N5O2S2. The van der Waals surface area contributed by atoms with E-state index < -0.39 is 0 Å². The average Bonchev–Trinajstić information content (AvgIpc) is 3.41. The molecule has 0 radical (unpaired) electrons. The van der Waals surface area contributed by atoms with E-state index in [0.717, 1.165) is 22.0 Å². The number of thiophene rings is 1. The van der Waals surface area contributed by atoms with Crippen LogP contribution in [-0.2, 0) is 5.75 Å². The molecule has 1 aromatic carbocycles. The molecule has 3 heterocycles. The number of thioether (sulfide) groups is 1. The van der Waals surface area contributed by atoms with Crippen molar-refractivity contribution in [1.82, 2.24) is 25.3 Å².